The van der Waals surface area contributed by atoms with Gasteiger partial charge in [-0.2, -0.15) is 5.26 Å². The van der Waals surface area contributed by atoms with Crippen molar-refractivity contribution in [3.63, 3.8) is 0 Å². The molecule has 0 spiro atoms. The summed E-state index contributed by atoms with van der Waals surface area (Å²) in [6.45, 7) is 1.95. The summed E-state index contributed by atoms with van der Waals surface area (Å²) < 4.78 is 0. The van der Waals surface area contributed by atoms with Gasteiger partial charge in [0, 0.05) is 13.0 Å². The van der Waals surface area contributed by atoms with Crippen molar-refractivity contribution in [3.8, 4) is 6.07 Å². The van der Waals surface area contributed by atoms with Crippen LogP contribution < -0.4 is 56.5 Å². The number of hydrogen-bond donors (Lipinski definition) is 0. The molecule has 0 aliphatic rings. The molecular formula is C17H29KN2O3. The zero-order valence-corrected chi connectivity index (χ0v) is 17.9. The van der Waals surface area contributed by atoms with E-state index in [0.29, 0.717) is 6.42 Å². The molecule has 23 heavy (non-hydrogen) atoms. The molecule has 0 aromatic rings. The van der Waals surface area contributed by atoms with Crippen LogP contribution >= 0.6 is 0 Å². The first kappa shape index (κ1) is 25.3. The van der Waals surface area contributed by atoms with Crippen LogP contribution in [0.3, 0.4) is 0 Å². The number of aliphatic carboxylic acids is 1. The van der Waals surface area contributed by atoms with Crippen molar-refractivity contribution in [2.45, 2.75) is 77.6 Å². The molecule has 0 fully saturated rings. The average molecular weight is 349 g/mol. The molecule has 0 aliphatic carbocycles. The number of carbonyl (C=O) groups excluding carboxylic acids is 2. The molecule has 0 aromatic heterocycles. The van der Waals surface area contributed by atoms with Crippen molar-refractivity contribution >= 4 is 11.9 Å². The average Bonchev–Trinajstić information content (AvgIpc) is 2.49. The summed E-state index contributed by atoms with van der Waals surface area (Å²) in [4.78, 5) is 23.7. The fraction of sp³-hybridized carbons (Fsp3) is 0.824. The van der Waals surface area contributed by atoms with E-state index in [9.17, 15) is 14.7 Å². The molecular weight excluding hydrogens is 319 g/mol. The molecule has 126 valence electrons. The molecule has 5 nitrogen and oxygen atoms in total. The van der Waals surface area contributed by atoms with E-state index in [2.05, 4.69) is 6.92 Å². The Kier molecular flexibility index (Phi) is 20.3. The molecule has 0 aromatic carbocycles. The van der Waals surface area contributed by atoms with Crippen molar-refractivity contribution in [3.05, 3.63) is 0 Å². The van der Waals surface area contributed by atoms with E-state index in [1.165, 1.54) is 43.4 Å². The van der Waals surface area contributed by atoms with Crippen molar-refractivity contribution < 1.29 is 66.1 Å². The van der Waals surface area contributed by atoms with Crippen LogP contribution in [0.15, 0.2) is 0 Å². The molecule has 0 N–H and O–H groups in total. The number of nitriles is 1. The van der Waals surface area contributed by atoms with E-state index < -0.39 is 12.5 Å². The minimum absolute atomic E-state index is 0. The predicted molar refractivity (Wildman–Crippen MR) is 83.7 cm³/mol. The molecule has 0 heterocycles. The molecule has 0 aliphatic heterocycles. The van der Waals surface area contributed by atoms with Crippen LogP contribution in [0.4, 0.5) is 0 Å². The molecule has 1 amide bonds. The summed E-state index contributed by atoms with van der Waals surface area (Å²) in [7, 11) is 0. The van der Waals surface area contributed by atoms with Gasteiger partial charge >= 0.3 is 51.4 Å². The maximum atomic E-state index is 11.9. The van der Waals surface area contributed by atoms with Crippen LogP contribution in [0.1, 0.15) is 77.6 Å². The van der Waals surface area contributed by atoms with Crippen LogP contribution in [0.2, 0.25) is 0 Å². The maximum absolute atomic E-state index is 11.9. The SMILES string of the molecule is CCCCCCCCCCCC(=O)N(CCC#N)CC(=O)[O-].[K+]. The van der Waals surface area contributed by atoms with E-state index >= 15 is 0 Å². The summed E-state index contributed by atoms with van der Waals surface area (Å²) in [5, 5.41) is 19.1. The van der Waals surface area contributed by atoms with Crippen molar-refractivity contribution in [1.82, 2.24) is 4.90 Å². The quantitative estimate of drug-likeness (QED) is 0.310. The Labute approximate surface area is 183 Å². The van der Waals surface area contributed by atoms with Gasteiger partial charge in [-0.25, -0.2) is 0 Å². The number of nitrogens with zero attached hydrogens (tertiary/aromatic N) is 2. The van der Waals surface area contributed by atoms with Crippen LogP contribution in [-0.2, 0) is 9.59 Å². The van der Waals surface area contributed by atoms with Crippen LogP contribution in [0, 0.1) is 11.3 Å². The fourth-order valence-corrected chi connectivity index (χ4v) is 2.38. The third kappa shape index (κ3) is 16.7. The van der Waals surface area contributed by atoms with Crippen LogP contribution in [0.5, 0.6) is 0 Å². The molecule has 6 heteroatoms. The van der Waals surface area contributed by atoms with Crippen LogP contribution in [-0.4, -0.2) is 29.9 Å². The number of hydrogen-bond acceptors (Lipinski definition) is 4. The number of carbonyl (C=O) groups is 2. The number of unbranched alkanes of at least 4 members (excludes halogenated alkanes) is 8. The number of carboxylic acid groups (broad SMARTS) is 1. The normalized spacial score (nSPS) is 9.74. The zero-order valence-electron chi connectivity index (χ0n) is 14.8. The monoisotopic (exact) mass is 348 g/mol. The van der Waals surface area contributed by atoms with Gasteiger partial charge < -0.3 is 14.8 Å². The van der Waals surface area contributed by atoms with Gasteiger partial charge in [0.2, 0.25) is 5.91 Å². The summed E-state index contributed by atoms with van der Waals surface area (Å²) in [5.41, 5.74) is 0. The topological polar surface area (TPSA) is 84.2 Å². The predicted octanol–water partition coefficient (Wildman–Crippen LogP) is -0.597. The van der Waals surface area contributed by atoms with E-state index in [4.69, 9.17) is 5.26 Å². The molecule has 0 unspecified atom stereocenters. The Morgan fingerprint density at radius 2 is 1.52 bits per heavy atom. The Balaban J connectivity index is 0. The third-order valence-corrected chi connectivity index (χ3v) is 3.66. The Morgan fingerprint density at radius 3 is 2.00 bits per heavy atom. The second-order valence-electron chi connectivity index (χ2n) is 5.67. The number of rotatable bonds is 14. The molecule has 0 saturated heterocycles. The molecule has 0 rings (SSSR count). The van der Waals surface area contributed by atoms with Gasteiger partial charge in [0.15, 0.2) is 0 Å². The van der Waals surface area contributed by atoms with E-state index in [1.807, 2.05) is 6.07 Å². The Hall–Kier alpha value is 0.0664. The van der Waals surface area contributed by atoms with Gasteiger partial charge in [-0.15, -0.1) is 0 Å². The summed E-state index contributed by atoms with van der Waals surface area (Å²) in [6, 6.07) is 1.92. The summed E-state index contributed by atoms with van der Waals surface area (Å²) in [6.07, 6.45) is 11.0. The molecule has 0 radical (unpaired) electrons. The van der Waals surface area contributed by atoms with Gasteiger partial charge in [-0.05, 0) is 6.42 Å². The summed E-state index contributed by atoms with van der Waals surface area (Å²) >= 11 is 0. The third-order valence-electron chi connectivity index (χ3n) is 3.66. The fourth-order valence-electron chi connectivity index (χ4n) is 2.38. The van der Waals surface area contributed by atoms with Gasteiger partial charge in [-0.3, -0.25) is 4.79 Å². The standard InChI is InChI=1S/C17H30N2O3.K/c1-2-3-4-5-6-7-8-9-10-12-16(20)19(14-11-13-18)15-17(21)22;/h2-12,14-15H2,1H3,(H,21,22);/q;+1/p-1. The van der Waals surface area contributed by atoms with Gasteiger partial charge in [-0.1, -0.05) is 58.3 Å². The zero-order chi connectivity index (χ0) is 16.6. The molecule has 0 saturated carbocycles. The number of amides is 1. The van der Waals surface area contributed by atoms with Gasteiger partial charge in [0.05, 0.1) is 25.0 Å². The number of carboxylic acids is 1. The minimum atomic E-state index is -1.28. The summed E-state index contributed by atoms with van der Waals surface area (Å²) in [5.74, 6) is -1.47. The molecule has 0 atom stereocenters. The largest absolute Gasteiger partial charge is 1.00 e. The second-order valence-corrected chi connectivity index (χ2v) is 5.67. The van der Waals surface area contributed by atoms with Gasteiger partial charge in [0.1, 0.15) is 0 Å². The molecule has 0 bridgehead atoms. The second kappa shape index (κ2) is 18.4. The first-order chi connectivity index (χ1) is 10.6. The Morgan fingerprint density at radius 1 is 1.00 bits per heavy atom. The van der Waals surface area contributed by atoms with Crippen molar-refractivity contribution in [1.29, 1.82) is 5.26 Å². The van der Waals surface area contributed by atoms with Gasteiger partial charge in [0.25, 0.3) is 0 Å². The maximum Gasteiger partial charge on any atom is 1.00 e. The first-order valence-electron chi connectivity index (χ1n) is 8.46. The first-order valence-corrected chi connectivity index (χ1v) is 8.46. The van der Waals surface area contributed by atoms with E-state index in [0.717, 1.165) is 19.3 Å². The van der Waals surface area contributed by atoms with Crippen molar-refractivity contribution in [2.75, 3.05) is 13.1 Å². The smallest absolute Gasteiger partial charge is 0.548 e. The van der Waals surface area contributed by atoms with Crippen LogP contribution in [0.25, 0.3) is 0 Å². The van der Waals surface area contributed by atoms with E-state index in [-0.39, 0.29) is 70.3 Å². The minimum Gasteiger partial charge on any atom is -0.548 e. The Bertz CT molecular complexity index is 356. The van der Waals surface area contributed by atoms with E-state index in [1.54, 1.807) is 0 Å². The van der Waals surface area contributed by atoms with Crippen molar-refractivity contribution in [2.24, 2.45) is 0 Å².